The molecule has 0 amide bonds. The van der Waals surface area contributed by atoms with Crippen molar-refractivity contribution in [2.45, 2.75) is 32.6 Å². The van der Waals surface area contributed by atoms with E-state index in [2.05, 4.69) is 26.0 Å². The zero-order valence-electron chi connectivity index (χ0n) is 10.8. The lowest BCUT2D eigenvalue weighted by Crippen LogP contribution is -2.21. The molecule has 18 heavy (non-hydrogen) atoms. The first-order valence-electron chi connectivity index (χ1n) is 6.47. The molecule has 2 nitrogen and oxygen atoms in total. The van der Waals surface area contributed by atoms with Gasteiger partial charge in [0.1, 0.15) is 11.5 Å². The molecule has 0 unspecified atom stereocenters. The van der Waals surface area contributed by atoms with Crippen LogP contribution >= 0.6 is 0 Å². The van der Waals surface area contributed by atoms with Gasteiger partial charge in [-0.05, 0) is 44.2 Å². The SMILES string of the molecule is CC1=C[C@H]2c3c(O)cc(O)cc3C=C(C)[C@@H]2CC1. The van der Waals surface area contributed by atoms with Gasteiger partial charge in [-0.2, -0.15) is 0 Å². The van der Waals surface area contributed by atoms with Gasteiger partial charge in [-0.1, -0.05) is 23.3 Å². The van der Waals surface area contributed by atoms with Crippen LogP contribution in [-0.4, -0.2) is 10.2 Å². The van der Waals surface area contributed by atoms with Crippen LogP contribution in [0.2, 0.25) is 0 Å². The molecular formula is C16H18O2. The molecule has 2 atom stereocenters. The molecule has 0 radical (unpaired) electrons. The highest BCUT2D eigenvalue weighted by molar-refractivity contribution is 5.68. The van der Waals surface area contributed by atoms with Crippen molar-refractivity contribution in [2.75, 3.05) is 0 Å². The zero-order valence-corrected chi connectivity index (χ0v) is 10.8. The number of phenolic OH excluding ortho intramolecular Hbond substituents is 2. The Morgan fingerprint density at radius 1 is 1.17 bits per heavy atom. The molecule has 0 fully saturated rings. The van der Waals surface area contributed by atoms with Crippen molar-refractivity contribution in [1.82, 2.24) is 0 Å². The van der Waals surface area contributed by atoms with E-state index in [4.69, 9.17) is 0 Å². The summed E-state index contributed by atoms with van der Waals surface area (Å²) in [5.74, 6) is 1.11. The predicted molar refractivity (Wildman–Crippen MR) is 72.6 cm³/mol. The average Bonchev–Trinajstić information content (AvgIpc) is 2.27. The van der Waals surface area contributed by atoms with E-state index in [-0.39, 0.29) is 17.4 Å². The molecule has 0 spiro atoms. The lowest BCUT2D eigenvalue weighted by atomic mass is 9.69. The number of rotatable bonds is 0. The predicted octanol–water partition coefficient (Wildman–Crippen LogP) is 3.95. The number of allylic oxidation sites excluding steroid dienone is 3. The fraction of sp³-hybridized carbons (Fsp3) is 0.375. The molecule has 1 aromatic carbocycles. The number of hydrogen-bond acceptors (Lipinski definition) is 2. The van der Waals surface area contributed by atoms with Gasteiger partial charge in [-0.25, -0.2) is 0 Å². The highest BCUT2D eigenvalue weighted by Crippen LogP contribution is 2.49. The van der Waals surface area contributed by atoms with Crippen molar-refractivity contribution in [2.24, 2.45) is 5.92 Å². The van der Waals surface area contributed by atoms with Crippen molar-refractivity contribution in [1.29, 1.82) is 0 Å². The van der Waals surface area contributed by atoms with E-state index in [1.165, 1.54) is 17.2 Å². The Labute approximate surface area is 107 Å². The van der Waals surface area contributed by atoms with Crippen molar-refractivity contribution in [3.8, 4) is 11.5 Å². The quantitative estimate of drug-likeness (QED) is 0.676. The molecule has 0 heterocycles. The molecule has 94 valence electrons. The third-order valence-electron chi connectivity index (χ3n) is 4.22. The summed E-state index contributed by atoms with van der Waals surface area (Å²) in [5, 5.41) is 19.7. The number of aromatic hydroxyl groups is 2. The highest BCUT2D eigenvalue weighted by Gasteiger charge is 2.32. The Kier molecular flexibility index (Phi) is 2.47. The molecule has 2 heteroatoms. The van der Waals surface area contributed by atoms with Crippen molar-refractivity contribution >= 4 is 6.08 Å². The van der Waals surface area contributed by atoms with Crippen LogP contribution in [0.5, 0.6) is 11.5 Å². The molecule has 0 saturated heterocycles. The second kappa shape index (κ2) is 3.91. The minimum Gasteiger partial charge on any atom is -0.508 e. The van der Waals surface area contributed by atoms with E-state index in [0.29, 0.717) is 5.92 Å². The molecule has 3 rings (SSSR count). The number of hydrogen-bond donors (Lipinski definition) is 2. The van der Waals surface area contributed by atoms with Crippen LogP contribution in [0.3, 0.4) is 0 Å². The molecule has 2 aliphatic rings. The van der Waals surface area contributed by atoms with Gasteiger partial charge in [0.2, 0.25) is 0 Å². The minimum absolute atomic E-state index is 0.130. The van der Waals surface area contributed by atoms with Gasteiger partial charge in [0.25, 0.3) is 0 Å². The lowest BCUT2D eigenvalue weighted by Gasteiger charge is -2.35. The van der Waals surface area contributed by atoms with Crippen LogP contribution < -0.4 is 0 Å². The summed E-state index contributed by atoms with van der Waals surface area (Å²) in [7, 11) is 0. The Morgan fingerprint density at radius 2 is 1.94 bits per heavy atom. The monoisotopic (exact) mass is 242 g/mol. The van der Waals surface area contributed by atoms with Crippen molar-refractivity contribution < 1.29 is 10.2 Å². The van der Waals surface area contributed by atoms with Crippen molar-refractivity contribution in [3.63, 3.8) is 0 Å². The molecule has 2 aliphatic carbocycles. The van der Waals surface area contributed by atoms with Gasteiger partial charge in [0, 0.05) is 17.5 Å². The molecule has 2 N–H and O–H groups in total. The fourth-order valence-corrected chi connectivity index (χ4v) is 3.34. The summed E-state index contributed by atoms with van der Waals surface area (Å²) in [6.45, 7) is 4.30. The fourth-order valence-electron chi connectivity index (χ4n) is 3.34. The molecular weight excluding hydrogens is 224 g/mol. The van der Waals surface area contributed by atoms with E-state index < -0.39 is 0 Å². The molecule has 0 aliphatic heterocycles. The second-order valence-corrected chi connectivity index (χ2v) is 5.54. The summed E-state index contributed by atoms with van der Waals surface area (Å²) < 4.78 is 0. The lowest BCUT2D eigenvalue weighted by molar-refractivity contribution is 0.423. The highest BCUT2D eigenvalue weighted by atomic mass is 16.3. The summed E-state index contributed by atoms with van der Waals surface area (Å²) in [4.78, 5) is 0. The molecule has 0 aromatic heterocycles. The maximum Gasteiger partial charge on any atom is 0.123 e. The summed E-state index contributed by atoms with van der Waals surface area (Å²) >= 11 is 0. The summed E-state index contributed by atoms with van der Waals surface area (Å²) in [6, 6.07) is 3.19. The van der Waals surface area contributed by atoms with Crippen LogP contribution in [0.4, 0.5) is 0 Å². The Bertz CT molecular complexity index is 567. The first-order valence-corrected chi connectivity index (χ1v) is 6.47. The standard InChI is InChI=1S/C16H18O2/c1-9-3-4-13-10(2)6-11-7-12(17)8-15(18)16(11)14(13)5-9/h5-8,13-14,17-18H,3-4H2,1-2H3/t13-,14+/m0/s1. The Morgan fingerprint density at radius 3 is 2.72 bits per heavy atom. The topological polar surface area (TPSA) is 40.5 Å². The first kappa shape index (κ1) is 11.4. The van der Waals surface area contributed by atoms with E-state index >= 15 is 0 Å². The second-order valence-electron chi connectivity index (χ2n) is 5.54. The molecule has 0 saturated carbocycles. The van der Waals surface area contributed by atoms with Gasteiger partial charge < -0.3 is 10.2 Å². The summed E-state index contributed by atoms with van der Waals surface area (Å²) in [6.07, 6.45) is 6.67. The van der Waals surface area contributed by atoms with E-state index in [0.717, 1.165) is 24.0 Å². The molecule has 1 aromatic rings. The first-order chi connectivity index (χ1) is 8.56. The summed E-state index contributed by atoms with van der Waals surface area (Å²) in [5.41, 5.74) is 4.67. The van der Waals surface area contributed by atoms with Crippen LogP contribution in [0, 0.1) is 5.92 Å². The van der Waals surface area contributed by atoms with Crippen molar-refractivity contribution in [3.05, 3.63) is 40.5 Å². The Balaban J connectivity index is 2.23. The maximum absolute atomic E-state index is 10.1. The van der Waals surface area contributed by atoms with E-state index in [1.54, 1.807) is 6.07 Å². The molecule has 0 bridgehead atoms. The van der Waals surface area contributed by atoms with E-state index in [1.807, 2.05) is 0 Å². The zero-order chi connectivity index (χ0) is 12.9. The largest absolute Gasteiger partial charge is 0.508 e. The smallest absolute Gasteiger partial charge is 0.123 e. The average molecular weight is 242 g/mol. The van der Waals surface area contributed by atoms with Crippen LogP contribution in [0.25, 0.3) is 6.08 Å². The third kappa shape index (κ3) is 1.64. The van der Waals surface area contributed by atoms with Gasteiger partial charge in [0.15, 0.2) is 0 Å². The number of benzene rings is 1. The Hall–Kier alpha value is -1.70. The third-order valence-corrected chi connectivity index (χ3v) is 4.22. The normalized spacial score (nSPS) is 25.9. The van der Waals surface area contributed by atoms with Gasteiger partial charge in [-0.15, -0.1) is 0 Å². The minimum atomic E-state index is 0.130. The number of fused-ring (bicyclic) bond motifs is 3. The van der Waals surface area contributed by atoms with E-state index in [9.17, 15) is 10.2 Å². The van der Waals surface area contributed by atoms with Gasteiger partial charge in [-0.3, -0.25) is 0 Å². The van der Waals surface area contributed by atoms with Crippen LogP contribution in [0.1, 0.15) is 43.7 Å². The van der Waals surface area contributed by atoms with Crippen LogP contribution in [0.15, 0.2) is 29.4 Å². The maximum atomic E-state index is 10.1. The number of phenols is 2. The van der Waals surface area contributed by atoms with Gasteiger partial charge >= 0.3 is 0 Å². The van der Waals surface area contributed by atoms with Crippen LogP contribution in [-0.2, 0) is 0 Å². The van der Waals surface area contributed by atoms with Gasteiger partial charge in [0.05, 0.1) is 0 Å².